The highest BCUT2D eigenvalue weighted by molar-refractivity contribution is 6.07. The number of amides is 2. The lowest BCUT2D eigenvalue weighted by Gasteiger charge is -2.33. The molecule has 2 aromatic carbocycles. The SMILES string of the molecule is C.C.CCC1(CC)O[C@@H](n2cnc3c(NC(=O)c4ccccc4)ncnc32)[C@@H](O)C1C.CCC1(CC)O[C@@H](n2cnc3c(NC(=O)c4ccccc4)ncnc32)[C@@H](OC(C)=O)C1C.CCC1(CC)O[C@H](OC(C)=O)[C@@H](OC(C)=O)C1C.CCC1(CC)O[C@H]2OC(C)(C)O[C@H]2C1C.CC[C@@]1(CO)O[C@H]2OC(C)(C)O[C@H]2C1C. The first-order valence-corrected chi connectivity index (χ1v) is 38.6. The molecule has 16 atom stereocenters. The molecular formula is C82H124N10O19. The molecular weight excluding hydrogens is 1430 g/mol. The maximum Gasteiger partial charge on any atom is 0.305 e. The van der Waals surface area contributed by atoms with Gasteiger partial charge in [-0.25, -0.2) is 29.9 Å². The summed E-state index contributed by atoms with van der Waals surface area (Å²) < 4.78 is 73.2. The summed E-state index contributed by atoms with van der Waals surface area (Å²) in [6.07, 6.45) is 9.25. The second-order valence-corrected chi connectivity index (χ2v) is 30.3. The van der Waals surface area contributed by atoms with Gasteiger partial charge in [0.2, 0.25) is 6.29 Å². The van der Waals surface area contributed by atoms with Crippen LogP contribution in [0.25, 0.3) is 22.3 Å². The fourth-order valence-electron chi connectivity index (χ4n) is 16.7. The van der Waals surface area contributed by atoms with Gasteiger partial charge in [0.1, 0.15) is 31.0 Å². The Bertz CT molecular complexity index is 3990. The standard InChI is InChI=1S/C23H27N5O4.C21H25N5O3.C13H22O5.C12H22O3.C11H20O4.2CH4/c1-5-23(6-2)14(3)18(31-15(4)29)22(32-23)28-13-26-17-19(24-12-25-20(17)28)27-21(30)16-10-8-7-9-11-16;1-4-21(5-2)13(3)16(27)20(29-21)26-12-24-15-17(22-11-23-18(15)26)25-19(28)14-9-7-6-8-10-14;1-6-13(7-2)8(3)11(16-9(4)14)12(18-13)17-10(5)15;1-6-12(7-2)8(3)9-10(15-12)14-11(4,5)13-9;1-5-11(6-12)7(2)8-9(15-11)14-10(3,4)13-8;;/h7-14,18,22H,5-6H2,1-4H3,(H,24,25,27,30);6-13,16,20,27H,4-5H2,1-3H3,(H,22,23,25,28);8,11-12H,6-7H2,1-5H3;8-10H,6-7H2,1-5H3;7-9,12H,5-6H2,1-4H3;2*1H4/t14?,18-,22+;13?,16-,20+;8?,11-,12-;8?,9-,10+;7?,8-,9+,11-;;/m00000../s1. The quantitative estimate of drug-likeness (QED) is 0.0432. The topological polar surface area (TPSA) is 348 Å². The van der Waals surface area contributed by atoms with Crippen molar-refractivity contribution in [3.63, 3.8) is 0 Å². The Balaban J connectivity index is 0.000000199. The fraction of sp³-hybridized carbons (Fsp3) is 0.671. The van der Waals surface area contributed by atoms with Crippen LogP contribution >= 0.6 is 0 Å². The van der Waals surface area contributed by atoms with Crippen LogP contribution in [0, 0.1) is 29.6 Å². The summed E-state index contributed by atoms with van der Waals surface area (Å²) in [5.41, 5.74) is 1.14. The van der Waals surface area contributed by atoms with Crippen LogP contribution < -0.4 is 10.6 Å². The van der Waals surface area contributed by atoms with Crippen LogP contribution in [0.15, 0.2) is 86.0 Å². The average molecular weight is 1550 g/mol. The van der Waals surface area contributed by atoms with E-state index in [1.165, 1.54) is 33.4 Å². The minimum Gasteiger partial charge on any atom is -0.457 e. The summed E-state index contributed by atoms with van der Waals surface area (Å²) in [4.78, 5) is 85.2. The molecule has 0 bridgehead atoms. The number of benzene rings is 2. The molecule has 0 spiro atoms. The first-order chi connectivity index (χ1) is 51.6. The average Bonchev–Trinajstić information content (AvgIpc) is 1.61. The van der Waals surface area contributed by atoms with E-state index in [0.717, 1.165) is 57.8 Å². The highest BCUT2D eigenvalue weighted by atomic mass is 16.8. The second-order valence-electron chi connectivity index (χ2n) is 30.3. The number of aliphatic hydroxyl groups is 2. The molecule has 7 fully saturated rings. The first kappa shape index (κ1) is 90.6. The lowest BCUT2D eigenvalue weighted by molar-refractivity contribution is -0.238. The van der Waals surface area contributed by atoms with Crippen molar-refractivity contribution in [2.75, 3.05) is 17.2 Å². The number of carbonyl (C=O) groups excluding carboxylic acids is 5. The number of aromatic nitrogens is 8. The van der Waals surface area contributed by atoms with Gasteiger partial charge in [0.05, 0.1) is 47.3 Å². The molecule has 616 valence electrons. The van der Waals surface area contributed by atoms with Crippen molar-refractivity contribution in [3.8, 4) is 0 Å². The highest BCUT2D eigenvalue weighted by Gasteiger charge is 2.61. The van der Waals surface area contributed by atoms with Crippen molar-refractivity contribution in [3.05, 3.63) is 97.1 Å². The predicted molar refractivity (Wildman–Crippen MR) is 416 cm³/mol. The van der Waals surface area contributed by atoms with Crippen LogP contribution in [0.1, 0.15) is 251 Å². The van der Waals surface area contributed by atoms with Crippen molar-refractivity contribution >= 4 is 63.7 Å². The van der Waals surface area contributed by atoms with E-state index >= 15 is 0 Å². The Morgan fingerprint density at radius 1 is 0.432 bits per heavy atom. The van der Waals surface area contributed by atoms with E-state index < -0.39 is 83.0 Å². The van der Waals surface area contributed by atoms with Gasteiger partial charge in [0.25, 0.3) is 11.8 Å². The van der Waals surface area contributed by atoms with Crippen molar-refractivity contribution in [2.24, 2.45) is 29.6 Å². The molecule has 4 N–H and O–H groups in total. The lowest BCUT2D eigenvalue weighted by atomic mass is 9.83. The Hall–Kier alpha value is -7.55. The zero-order chi connectivity index (χ0) is 79.9. The third kappa shape index (κ3) is 18.6. The normalized spacial score (nSPS) is 29.5. The second kappa shape index (κ2) is 37.2. The smallest absolute Gasteiger partial charge is 0.305 e. The first-order valence-electron chi connectivity index (χ1n) is 38.6. The number of nitrogens with zero attached hydrogens (tertiary/aromatic N) is 8. The maximum atomic E-state index is 12.6. The molecule has 0 radical (unpaired) electrons. The van der Waals surface area contributed by atoms with Crippen LogP contribution in [0.3, 0.4) is 0 Å². The predicted octanol–water partition coefficient (Wildman–Crippen LogP) is 14.2. The zero-order valence-electron chi connectivity index (χ0n) is 67.2. The van der Waals surface area contributed by atoms with Crippen molar-refractivity contribution in [1.82, 2.24) is 39.0 Å². The molecule has 29 nitrogen and oxygen atoms in total. The van der Waals surface area contributed by atoms with Crippen LogP contribution in [0.2, 0.25) is 0 Å². The number of nitrogens with one attached hydrogen (secondary N) is 2. The van der Waals surface area contributed by atoms with Gasteiger partial charge in [0.15, 0.2) is 82.8 Å². The molecule has 29 heteroatoms. The summed E-state index contributed by atoms with van der Waals surface area (Å²) >= 11 is 0. The Morgan fingerprint density at radius 3 is 1.17 bits per heavy atom. The van der Waals surface area contributed by atoms with Crippen LogP contribution in [-0.4, -0.2) is 175 Å². The summed E-state index contributed by atoms with van der Waals surface area (Å²) in [7, 11) is 0. The minimum atomic E-state index is -0.804. The minimum absolute atomic E-state index is 0. The molecule has 4 aromatic heterocycles. The van der Waals surface area contributed by atoms with Crippen molar-refractivity contribution < 1.29 is 91.0 Å². The van der Waals surface area contributed by atoms with Crippen LogP contribution in [0.5, 0.6) is 0 Å². The van der Waals surface area contributed by atoms with Crippen LogP contribution in [-0.2, 0) is 71.2 Å². The highest BCUT2D eigenvalue weighted by Crippen LogP contribution is 2.52. The maximum absolute atomic E-state index is 12.6. The number of hydrogen-bond acceptors (Lipinski definition) is 25. The van der Waals surface area contributed by atoms with E-state index in [9.17, 15) is 34.2 Å². The summed E-state index contributed by atoms with van der Waals surface area (Å²) in [5, 5.41) is 25.9. The van der Waals surface area contributed by atoms with E-state index in [0.29, 0.717) is 51.0 Å². The number of esters is 3. The zero-order valence-corrected chi connectivity index (χ0v) is 67.2. The number of aliphatic hydroxyl groups excluding tert-OH is 2. The van der Waals surface area contributed by atoms with Gasteiger partial charge < -0.3 is 77.7 Å². The number of fused-ring (bicyclic) bond motifs is 4. The van der Waals surface area contributed by atoms with Gasteiger partial charge in [-0.2, -0.15) is 0 Å². The molecule has 2 amide bonds. The molecule has 7 aliphatic rings. The van der Waals surface area contributed by atoms with E-state index in [2.05, 4.69) is 95.9 Å². The summed E-state index contributed by atoms with van der Waals surface area (Å²) in [5.74, 6) is -1.72. The lowest BCUT2D eigenvalue weighted by Crippen LogP contribution is -2.42. The summed E-state index contributed by atoms with van der Waals surface area (Å²) in [6.45, 7) is 40.7. The van der Waals surface area contributed by atoms with E-state index in [-0.39, 0.29) is 93.3 Å². The van der Waals surface area contributed by atoms with Gasteiger partial charge in [-0.05, 0) is 110 Å². The molecule has 7 aliphatic heterocycles. The number of hydrogen-bond donors (Lipinski definition) is 4. The molecule has 111 heavy (non-hydrogen) atoms. The largest absolute Gasteiger partial charge is 0.457 e. The van der Waals surface area contributed by atoms with E-state index in [4.69, 9.17) is 56.8 Å². The third-order valence-electron chi connectivity index (χ3n) is 23.8. The van der Waals surface area contributed by atoms with Crippen LogP contribution in [0.4, 0.5) is 11.6 Å². The number of ether oxygens (including phenoxy) is 12. The molecule has 5 unspecified atom stereocenters. The Labute approximate surface area is 654 Å². The number of rotatable bonds is 19. The number of carbonyl (C=O) groups is 5. The molecule has 0 saturated carbocycles. The third-order valence-corrected chi connectivity index (χ3v) is 23.8. The van der Waals surface area contributed by atoms with Gasteiger partial charge in [-0.1, -0.05) is 148 Å². The fourth-order valence-corrected chi connectivity index (χ4v) is 16.7. The number of anilines is 2. The Morgan fingerprint density at radius 2 is 0.784 bits per heavy atom. The molecule has 0 aliphatic carbocycles. The van der Waals surface area contributed by atoms with E-state index in [1.54, 1.807) is 70.3 Å². The van der Waals surface area contributed by atoms with Crippen molar-refractivity contribution in [1.29, 1.82) is 0 Å². The van der Waals surface area contributed by atoms with E-state index in [1.807, 2.05) is 81.4 Å². The van der Waals surface area contributed by atoms with Gasteiger partial charge in [-0.15, -0.1) is 0 Å². The monoisotopic (exact) mass is 1550 g/mol. The van der Waals surface area contributed by atoms with Gasteiger partial charge in [-0.3, -0.25) is 33.1 Å². The molecule has 11 heterocycles. The van der Waals surface area contributed by atoms with Gasteiger partial charge in [0, 0.05) is 61.5 Å². The van der Waals surface area contributed by atoms with Gasteiger partial charge >= 0.3 is 17.9 Å². The number of imidazole rings is 2. The summed E-state index contributed by atoms with van der Waals surface area (Å²) in [6, 6.07) is 17.8. The molecule has 7 saturated heterocycles. The molecule has 6 aromatic rings. The van der Waals surface area contributed by atoms with Crippen molar-refractivity contribution in [2.45, 2.75) is 319 Å². The Kier molecular flexibility index (Phi) is 30.3. The molecule has 13 rings (SSSR count).